The minimum absolute atomic E-state index is 0.182. The average molecular weight is 499 g/mol. The summed E-state index contributed by atoms with van der Waals surface area (Å²) in [6, 6.07) is -1.01. The average Bonchev–Trinajstić information content (AvgIpc) is 2.83. The van der Waals surface area contributed by atoms with Gasteiger partial charge >= 0.3 is 5.97 Å². The van der Waals surface area contributed by atoms with Gasteiger partial charge in [-0.1, -0.05) is 84.0 Å². The normalized spacial score (nSPS) is 11.6. The zero-order valence-electron chi connectivity index (χ0n) is 21.9. The Morgan fingerprint density at radius 2 is 1.14 bits per heavy atom. The molecule has 0 rings (SSSR count). The maximum absolute atomic E-state index is 11.9. The topological polar surface area (TPSA) is 151 Å². The number of aliphatic carboxylic acids is 1. The summed E-state index contributed by atoms with van der Waals surface area (Å²) in [6.07, 6.45) is 18.1. The van der Waals surface area contributed by atoms with Crippen LogP contribution in [0.2, 0.25) is 0 Å². The molecule has 0 aliphatic rings. The van der Waals surface area contributed by atoms with Crippen LogP contribution in [0, 0.1) is 0 Å². The van der Waals surface area contributed by atoms with E-state index in [1.807, 2.05) is 0 Å². The van der Waals surface area contributed by atoms with Crippen molar-refractivity contribution < 1.29 is 24.3 Å². The second-order valence-electron chi connectivity index (χ2n) is 9.29. The number of carbonyl (C=O) groups is 4. The molecule has 0 radical (unpaired) electrons. The van der Waals surface area contributed by atoms with Crippen molar-refractivity contribution in [1.82, 2.24) is 16.0 Å². The second-order valence-corrected chi connectivity index (χ2v) is 9.29. The molecule has 0 spiro atoms. The van der Waals surface area contributed by atoms with Crippen LogP contribution in [0.5, 0.6) is 0 Å². The first-order valence-electron chi connectivity index (χ1n) is 13.7. The van der Waals surface area contributed by atoms with Crippen molar-refractivity contribution in [2.24, 2.45) is 5.73 Å². The quantitative estimate of drug-likeness (QED) is 0.129. The van der Waals surface area contributed by atoms with Gasteiger partial charge in [-0.2, -0.15) is 0 Å². The van der Waals surface area contributed by atoms with Crippen LogP contribution in [-0.2, 0) is 19.2 Å². The van der Waals surface area contributed by atoms with Crippen LogP contribution in [0.15, 0.2) is 0 Å². The Balaban J connectivity index is 3.67. The van der Waals surface area contributed by atoms with E-state index < -0.39 is 23.8 Å². The zero-order valence-corrected chi connectivity index (χ0v) is 21.9. The van der Waals surface area contributed by atoms with Crippen LogP contribution in [0.3, 0.4) is 0 Å². The Bertz CT molecular complexity index is 586. The molecule has 9 heteroatoms. The zero-order chi connectivity index (χ0) is 26.2. The minimum atomic E-state index is -1.12. The van der Waals surface area contributed by atoms with Crippen molar-refractivity contribution >= 4 is 23.7 Å². The summed E-state index contributed by atoms with van der Waals surface area (Å²) in [4.78, 5) is 46.8. The van der Waals surface area contributed by atoms with Gasteiger partial charge in [-0.15, -0.1) is 0 Å². The summed E-state index contributed by atoms with van der Waals surface area (Å²) in [6.45, 7) is 2.16. The number of carbonyl (C=O) groups excluding carboxylic acids is 3. The number of nitrogens with two attached hydrogens (primary N) is 1. The van der Waals surface area contributed by atoms with E-state index in [1.54, 1.807) is 0 Å². The Kier molecular flexibility index (Phi) is 22.1. The number of unbranched alkanes of at least 4 members (excludes halogenated alkanes) is 13. The Hall–Kier alpha value is -2.16. The molecular weight excluding hydrogens is 448 g/mol. The van der Waals surface area contributed by atoms with E-state index >= 15 is 0 Å². The lowest BCUT2D eigenvalue weighted by Gasteiger charge is -2.14. The second kappa shape index (κ2) is 23.6. The number of hydrogen-bond donors (Lipinski definition) is 5. The van der Waals surface area contributed by atoms with Gasteiger partial charge in [0.2, 0.25) is 17.7 Å². The highest BCUT2D eigenvalue weighted by atomic mass is 16.4. The molecule has 35 heavy (non-hydrogen) atoms. The first-order valence-corrected chi connectivity index (χ1v) is 13.7. The molecule has 0 saturated carbocycles. The van der Waals surface area contributed by atoms with Gasteiger partial charge in [-0.3, -0.25) is 14.4 Å². The molecule has 9 nitrogen and oxygen atoms in total. The van der Waals surface area contributed by atoms with Crippen LogP contribution in [-0.4, -0.2) is 54.5 Å². The molecule has 0 aromatic carbocycles. The molecule has 0 saturated heterocycles. The molecule has 0 heterocycles. The molecule has 0 aromatic rings. The molecule has 0 unspecified atom stereocenters. The monoisotopic (exact) mass is 498 g/mol. The standard InChI is InChI=1S/C26H50N4O5/c1-2-3-4-5-6-7-8-9-10-11-12-13-14-18-23(31)28-20-24(32)29-21-25(33)30-22(26(34)35)17-15-16-19-27/h22H,2-21,27H2,1H3,(H,28,31)(H,29,32)(H,30,33)(H,34,35)/t22-/m0/s1. The van der Waals surface area contributed by atoms with Gasteiger partial charge in [-0.05, 0) is 32.2 Å². The molecule has 0 bridgehead atoms. The lowest BCUT2D eigenvalue weighted by Crippen LogP contribution is -2.47. The fraction of sp³-hybridized carbons (Fsp3) is 0.846. The molecule has 0 aliphatic heterocycles. The third kappa shape index (κ3) is 22.1. The van der Waals surface area contributed by atoms with Gasteiger partial charge in [0.15, 0.2) is 0 Å². The fourth-order valence-electron chi connectivity index (χ4n) is 3.81. The van der Waals surface area contributed by atoms with Crippen LogP contribution in [0.1, 0.15) is 116 Å². The number of rotatable bonds is 24. The van der Waals surface area contributed by atoms with Crippen molar-refractivity contribution in [2.75, 3.05) is 19.6 Å². The number of amides is 3. The summed E-state index contributed by atoms with van der Waals surface area (Å²) in [5, 5.41) is 16.5. The number of carboxylic acids is 1. The predicted octanol–water partition coefficient (Wildman–Crippen LogP) is 3.40. The van der Waals surface area contributed by atoms with Crippen molar-refractivity contribution in [2.45, 2.75) is 122 Å². The predicted molar refractivity (Wildman–Crippen MR) is 139 cm³/mol. The summed E-state index contributed by atoms with van der Waals surface area (Å²) >= 11 is 0. The van der Waals surface area contributed by atoms with E-state index in [4.69, 9.17) is 10.8 Å². The molecular formula is C26H50N4O5. The van der Waals surface area contributed by atoms with Gasteiger partial charge < -0.3 is 26.8 Å². The van der Waals surface area contributed by atoms with Gasteiger partial charge in [0.1, 0.15) is 6.04 Å². The largest absolute Gasteiger partial charge is 0.480 e. The maximum atomic E-state index is 11.9. The van der Waals surface area contributed by atoms with Crippen LogP contribution >= 0.6 is 0 Å². The third-order valence-corrected chi connectivity index (χ3v) is 5.98. The molecule has 3 amide bonds. The highest BCUT2D eigenvalue weighted by Crippen LogP contribution is 2.12. The first kappa shape index (κ1) is 32.8. The highest BCUT2D eigenvalue weighted by molar-refractivity contribution is 5.89. The SMILES string of the molecule is CCCCCCCCCCCCCCCC(=O)NCC(=O)NCC(=O)N[C@@H](CCCCN)C(=O)O. The first-order chi connectivity index (χ1) is 16.9. The molecule has 0 fully saturated rings. The molecule has 6 N–H and O–H groups in total. The van der Waals surface area contributed by atoms with Crippen molar-refractivity contribution in [1.29, 1.82) is 0 Å². The molecule has 0 aromatic heterocycles. The van der Waals surface area contributed by atoms with E-state index in [0.717, 1.165) is 19.3 Å². The fourth-order valence-corrected chi connectivity index (χ4v) is 3.81. The van der Waals surface area contributed by atoms with E-state index in [-0.39, 0.29) is 25.4 Å². The van der Waals surface area contributed by atoms with Gasteiger partial charge in [0.25, 0.3) is 0 Å². The van der Waals surface area contributed by atoms with E-state index in [9.17, 15) is 19.2 Å². The van der Waals surface area contributed by atoms with Crippen molar-refractivity contribution in [3.8, 4) is 0 Å². The summed E-state index contributed by atoms with van der Waals surface area (Å²) in [7, 11) is 0. The Morgan fingerprint density at radius 1 is 0.657 bits per heavy atom. The van der Waals surface area contributed by atoms with Gasteiger partial charge in [0.05, 0.1) is 13.1 Å². The van der Waals surface area contributed by atoms with Crippen molar-refractivity contribution in [3.05, 3.63) is 0 Å². The molecule has 0 aliphatic carbocycles. The molecule has 204 valence electrons. The number of hydrogen-bond acceptors (Lipinski definition) is 5. The van der Waals surface area contributed by atoms with Crippen LogP contribution < -0.4 is 21.7 Å². The van der Waals surface area contributed by atoms with Crippen LogP contribution in [0.25, 0.3) is 0 Å². The lowest BCUT2D eigenvalue weighted by molar-refractivity contribution is -0.142. The van der Waals surface area contributed by atoms with Crippen molar-refractivity contribution in [3.63, 3.8) is 0 Å². The van der Waals surface area contributed by atoms with Gasteiger partial charge in [0, 0.05) is 6.42 Å². The maximum Gasteiger partial charge on any atom is 0.326 e. The highest BCUT2D eigenvalue weighted by Gasteiger charge is 2.19. The summed E-state index contributed by atoms with van der Waals surface area (Å²) in [5.41, 5.74) is 5.39. The lowest BCUT2D eigenvalue weighted by atomic mass is 10.0. The summed E-state index contributed by atoms with van der Waals surface area (Å²) < 4.78 is 0. The third-order valence-electron chi connectivity index (χ3n) is 5.98. The smallest absolute Gasteiger partial charge is 0.326 e. The van der Waals surface area contributed by atoms with E-state index in [1.165, 1.54) is 64.2 Å². The van der Waals surface area contributed by atoms with Gasteiger partial charge in [-0.25, -0.2) is 4.79 Å². The Labute approximate surface area is 211 Å². The summed E-state index contributed by atoms with van der Waals surface area (Å²) in [5.74, 6) is -2.38. The minimum Gasteiger partial charge on any atom is -0.480 e. The number of carboxylic acid groups (broad SMARTS) is 1. The number of nitrogens with one attached hydrogen (secondary N) is 3. The van der Waals surface area contributed by atoms with Crippen LogP contribution in [0.4, 0.5) is 0 Å². The van der Waals surface area contributed by atoms with E-state index in [2.05, 4.69) is 22.9 Å². The molecule has 1 atom stereocenters. The Morgan fingerprint density at radius 3 is 1.66 bits per heavy atom. The van der Waals surface area contributed by atoms with E-state index in [0.29, 0.717) is 25.8 Å².